The molecule has 1 aromatic heterocycles. The Hall–Kier alpha value is -1.51. The van der Waals surface area contributed by atoms with E-state index in [0.29, 0.717) is 12.1 Å². The fourth-order valence-electron chi connectivity index (χ4n) is 1.74. The van der Waals surface area contributed by atoms with Crippen molar-refractivity contribution in [2.24, 2.45) is 9.98 Å². The number of rotatable bonds is 4. The molecule has 1 heterocycles. The molecule has 98 valence electrons. The summed E-state index contributed by atoms with van der Waals surface area (Å²) in [4.78, 5) is 13.7. The topological polar surface area (TPSA) is 37.6 Å². The molecule has 0 amide bonds. The van der Waals surface area contributed by atoms with Gasteiger partial charge in [0, 0.05) is 12.1 Å². The molecule has 0 saturated carbocycles. The van der Waals surface area contributed by atoms with Crippen molar-refractivity contribution in [2.45, 2.75) is 53.6 Å². The second-order valence-corrected chi connectivity index (χ2v) is 5.02. The Bertz CT molecular complexity index is 417. The minimum atomic E-state index is 0.292. The van der Waals surface area contributed by atoms with Gasteiger partial charge in [0.05, 0.1) is 22.8 Å². The highest BCUT2D eigenvalue weighted by Crippen LogP contribution is 2.05. The van der Waals surface area contributed by atoms with E-state index in [4.69, 9.17) is 0 Å². The van der Waals surface area contributed by atoms with Gasteiger partial charge >= 0.3 is 0 Å². The Morgan fingerprint density at radius 2 is 1.28 bits per heavy atom. The van der Waals surface area contributed by atoms with E-state index < -0.39 is 0 Å². The number of hydrogen-bond donors (Lipinski definition) is 0. The largest absolute Gasteiger partial charge is 0.285 e. The Morgan fingerprint density at radius 1 is 0.889 bits per heavy atom. The van der Waals surface area contributed by atoms with Gasteiger partial charge in [0.1, 0.15) is 0 Å². The van der Waals surface area contributed by atoms with Crippen LogP contribution in [-0.2, 0) is 0 Å². The zero-order valence-corrected chi connectivity index (χ0v) is 12.2. The first-order chi connectivity index (χ1) is 8.40. The zero-order chi connectivity index (χ0) is 13.7. The molecule has 0 fully saturated rings. The summed E-state index contributed by atoms with van der Waals surface area (Å²) < 4.78 is 0. The van der Waals surface area contributed by atoms with Gasteiger partial charge in [-0.1, -0.05) is 6.07 Å². The summed E-state index contributed by atoms with van der Waals surface area (Å²) in [5.41, 5.74) is 3.81. The van der Waals surface area contributed by atoms with Crippen LogP contribution in [0.5, 0.6) is 0 Å². The molecule has 0 aliphatic rings. The van der Waals surface area contributed by atoms with Gasteiger partial charge in [-0.15, -0.1) is 0 Å². The van der Waals surface area contributed by atoms with Crippen LogP contribution in [0.1, 0.15) is 52.9 Å². The van der Waals surface area contributed by atoms with Gasteiger partial charge in [0.2, 0.25) is 0 Å². The van der Waals surface area contributed by atoms with Crippen molar-refractivity contribution in [2.75, 3.05) is 0 Å². The summed E-state index contributed by atoms with van der Waals surface area (Å²) in [6, 6.07) is 6.58. The van der Waals surface area contributed by atoms with E-state index in [1.165, 1.54) is 0 Å². The van der Waals surface area contributed by atoms with Crippen LogP contribution in [0.15, 0.2) is 28.2 Å². The van der Waals surface area contributed by atoms with Gasteiger partial charge < -0.3 is 0 Å². The van der Waals surface area contributed by atoms with Crippen molar-refractivity contribution >= 4 is 11.4 Å². The van der Waals surface area contributed by atoms with Crippen LogP contribution in [0.2, 0.25) is 0 Å². The van der Waals surface area contributed by atoms with E-state index in [0.717, 1.165) is 22.8 Å². The highest BCUT2D eigenvalue weighted by Gasteiger charge is 2.04. The molecule has 0 aliphatic heterocycles. The summed E-state index contributed by atoms with van der Waals surface area (Å²) in [7, 11) is 0. The van der Waals surface area contributed by atoms with E-state index in [-0.39, 0.29) is 0 Å². The van der Waals surface area contributed by atoms with E-state index in [9.17, 15) is 0 Å². The minimum Gasteiger partial charge on any atom is -0.285 e. The molecule has 0 unspecified atom stereocenters. The third kappa shape index (κ3) is 4.40. The molecule has 3 nitrogen and oxygen atoms in total. The highest BCUT2D eigenvalue weighted by atomic mass is 14.8. The molecule has 1 rings (SSSR count). The number of aromatic nitrogens is 1. The van der Waals surface area contributed by atoms with Crippen LogP contribution in [-0.4, -0.2) is 28.5 Å². The summed E-state index contributed by atoms with van der Waals surface area (Å²) in [6.07, 6.45) is 0. The monoisotopic (exact) mass is 245 g/mol. The zero-order valence-electron chi connectivity index (χ0n) is 12.2. The third-order valence-corrected chi connectivity index (χ3v) is 2.39. The van der Waals surface area contributed by atoms with Gasteiger partial charge in [-0.05, 0) is 53.7 Å². The molecule has 0 radical (unpaired) electrons. The smallest absolute Gasteiger partial charge is 0.0845 e. The predicted octanol–water partition coefficient (Wildman–Crippen LogP) is 3.52. The predicted molar refractivity (Wildman–Crippen MR) is 78.9 cm³/mol. The molecule has 0 bridgehead atoms. The van der Waals surface area contributed by atoms with E-state index in [2.05, 4.69) is 42.7 Å². The lowest BCUT2D eigenvalue weighted by molar-refractivity contribution is 0.833. The first kappa shape index (κ1) is 14.6. The first-order valence-corrected chi connectivity index (χ1v) is 6.46. The first-order valence-electron chi connectivity index (χ1n) is 6.46. The second kappa shape index (κ2) is 6.43. The van der Waals surface area contributed by atoms with Gasteiger partial charge in [-0.2, -0.15) is 0 Å². The lowest BCUT2D eigenvalue weighted by Gasteiger charge is -2.06. The lowest BCUT2D eigenvalue weighted by Crippen LogP contribution is -2.08. The summed E-state index contributed by atoms with van der Waals surface area (Å²) in [5.74, 6) is 0. The molecular weight excluding hydrogens is 222 g/mol. The highest BCUT2D eigenvalue weighted by molar-refractivity contribution is 6.00. The normalized spacial score (nSPS) is 13.6. The van der Waals surface area contributed by atoms with Crippen molar-refractivity contribution in [3.8, 4) is 0 Å². The molecule has 0 N–H and O–H groups in total. The maximum Gasteiger partial charge on any atom is 0.0845 e. The minimum absolute atomic E-state index is 0.292. The molecule has 0 atom stereocenters. The van der Waals surface area contributed by atoms with Crippen LogP contribution in [0, 0.1) is 0 Å². The average molecular weight is 245 g/mol. The fourth-order valence-corrected chi connectivity index (χ4v) is 1.74. The fraction of sp³-hybridized carbons (Fsp3) is 0.533. The molecule has 0 saturated heterocycles. The van der Waals surface area contributed by atoms with Crippen molar-refractivity contribution < 1.29 is 0 Å². The van der Waals surface area contributed by atoms with Crippen LogP contribution >= 0.6 is 0 Å². The Balaban J connectivity index is 3.07. The van der Waals surface area contributed by atoms with Gasteiger partial charge in [0.15, 0.2) is 0 Å². The molecule has 18 heavy (non-hydrogen) atoms. The lowest BCUT2D eigenvalue weighted by atomic mass is 10.2. The number of pyridine rings is 1. The number of aliphatic imine (C=N–C) groups is 2. The van der Waals surface area contributed by atoms with Crippen LogP contribution in [0.25, 0.3) is 0 Å². The Labute approximate surface area is 110 Å². The summed E-state index contributed by atoms with van der Waals surface area (Å²) in [5, 5.41) is 0. The third-order valence-electron chi connectivity index (χ3n) is 2.39. The maximum absolute atomic E-state index is 4.62. The quantitative estimate of drug-likeness (QED) is 0.748. The van der Waals surface area contributed by atoms with Gasteiger partial charge in [-0.25, -0.2) is 4.98 Å². The van der Waals surface area contributed by atoms with Crippen molar-refractivity contribution in [3.63, 3.8) is 0 Å². The summed E-state index contributed by atoms with van der Waals surface area (Å²) in [6.45, 7) is 12.3. The van der Waals surface area contributed by atoms with Crippen LogP contribution in [0.4, 0.5) is 0 Å². The van der Waals surface area contributed by atoms with Crippen LogP contribution in [0.3, 0.4) is 0 Å². The van der Waals surface area contributed by atoms with Gasteiger partial charge in [-0.3, -0.25) is 9.98 Å². The van der Waals surface area contributed by atoms with E-state index in [1.807, 2.05) is 32.0 Å². The molecule has 0 aromatic carbocycles. The van der Waals surface area contributed by atoms with Crippen molar-refractivity contribution in [3.05, 3.63) is 29.6 Å². The second-order valence-electron chi connectivity index (χ2n) is 5.02. The standard InChI is InChI=1S/C15H23N3/c1-10(2)16-12(5)14-8-7-9-15(18-14)13(6)17-11(3)4/h7-11H,1-6H3/b16-12+,17-13+. The molecule has 0 spiro atoms. The number of nitrogens with zero attached hydrogens (tertiary/aromatic N) is 3. The Kier molecular flexibility index (Phi) is 5.20. The van der Waals surface area contributed by atoms with Crippen molar-refractivity contribution in [1.82, 2.24) is 4.98 Å². The molecule has 0 aliphatic carbocycles. The van der Waals surface area contributed by atoms with E-state index >= 15 is 0 Å². The van der Waals surface area contributed by atoms with Crippen LogP contribution < -0.4 is 0 Å². The Morgan fingerprint density at radius 3 is 1.61 bits per heavy atom. The van der Waals surface area contributed by atoms with Gasteiger partial charge in [0.25, 0.3) is 0 Å². The maximum atomic E-state index is 4.62. The number of hydrogen-bond acceptors (Lipinski definition) is 3. The molecule has 1 aromatic rings. The molecule has 3 heteroatoms. The van der Waals surface area contributed by atoms with Crippen molar-refractivity contribution in [1.29, 1.82) is 0 Å². The average Bonchev–Trinajstić information content (AvgIpc) is 2.27. The summed E-state index contributed by atoms with van der Waals surface area (Å²) >= 11 is 0. The van der Waals surface area contributed by atoms with E-state index in [1.54, 1.807) is 0 Å². The SMILES string of the molecule is C/C(=N\C(C)C)c1cccc(/C(C)=N/C(C)C)n1. The molecular formula is C15H23N3.